The molecule has 1 N–H and O–H groups in total. The van der Waals surface area contributed by atoms with Crippen molar-refractivity contribution >= 4 is 16.9 Å². The van der Waals surface area contributed by atoms with Gasteiger partial charge >= 0.3 is 0 Å². The van der Waals surface area contributed by atoms with E-state index >= 15 is 0 Å². The van der Waals surface area contributed by atoms with Gasteiger partial charge in [-0.1, -0.05) is 74.0 Å². The third-order valence-electron chi connectivity index (χ3n) is 7.31. The van der Waals surface area contributed by atoms with Crippen LogP contribution in [0.5, 0.6) is 5.75 Å². The van der Waals surface area contributed by atoms with Crippen molar-refractivity contribution in [3.63, 3.8) is 0 Å². The molecule has 1 atom stereocenters. The molecule has 5 nitrogen and oxygen atoms in total. The van der Waals surface area contributed by atoms with Gasteiger partial charge in [-0.05, 0) is 47.9 Å². The smallest absolute Gasteiger partial charge is 0.265 e. The second kappa shape index (κ2) is 12.2. The molecule has 2 fully saturated rings. The van der Waals surface area contributed by atoms with E-state index in [1.54, 1.807) is 6.07 Å². The van der Waals surface area contributed by atoms with E-state index in [-0.39, 0.29) is 17.5 Å². The predicted molar refractivity (Wildman–Crippen MR) is 149 cm³/mol. The Labute approximate surface area is 227 Å². The van der Waals surface area contributed by atoms with Gasteiger partial charge in [0.25, 0.3) is 5.91 Å². The number of nitrogens with one attached hydrogen (secondary N) is 1. The number of rotatable bonds is 12. The highest BCUT2D eigenvalue weighted by Crippen LogP contribution is 2.45. The lowest BCUT2D eigenvalue weighted by Crippen LogP contribution is -2.51. The third-order valence-corrected chi connectivity index (χ3v) is 8.38. The number of halogens is 1. The molecule has 1 unspecified atom stereocenters. The fourth-order valence-corrected chi connectivity index (χ4v) is 6.06. The Bertz CT molecular complexity index is 1220. The molecule has 3 aromatic carbocycles. The average molecular weight is 535 g/mol. The maximum atomic E-state index is 15.0. The summed E-state index contributed by atoms with van der Waals surface area (Å²) in [6.07, 6.45) is 3.62. The Balaban J connectivity index is 1.23. The van der Waals surface area contributed by atoms with Crippen LogP contribution in [0.25, 0.3) is 0 Å². The maximum Gasteiger partial charge on any atom is 0.265 e. The van der Waals surface area contributed by atoms with Crippen LogP contribution in [0.3, 0.4) is 0 Å². The zero-order valence-corrected chi connectivity index (χ0v) is 22.6. The zero-order valence-electron chi connectivity index (χ0n) is 21.8. The molecule has 1 saturated carbocycles. The van der Waals surface area contributed by atoms with Gasteiger partial charge in [-0.3, -0.25) is 14.4 Å². The fraction of sp³-hybridized carbons (Fsp3) is 0.387. The predicted octanol–water partition coefficient (Wildman–Crippen LogP) is 6.00. The van der Waals surface area contributed by atoms with Gasteiger partial charge < -0.3 is 4.74 Å². The van der Waals surface area contributed by atoms with Crippen LogP contribution in [0.4, 0.5) is 4.39 Å². The van der Waals surface area contributed by atoms with Crippen molar-refractivity contribution < 1.29 is 18.1 Å². The number of ether oxygens (including phenoxy) is 1. The fourth-order valence-electron chi connectivity index (χ4n) is 5.09. The topological polar surface area (TPSA) is 58.6 Å². The minimum Gasteiger partial charge on any atom is -0.493 e. The number of carbonyl (C=O) groups excluding carboxylic acids is 1. The number of amides is 1. The van der Waals surface area contributed by atoms with Gasteiger partial charge in [0.2, 0.25) is 0 Å². The summed E-state index contributed by atoms with van der Waals surface area (Å²) in [6, 6.07) is 24.2. The number of likely N-dealkylation sites (tertiary alicyclic amines) is 1. The van der Waals surface area contributed by atoms with Crippen LogP contribution >= 0.6 is 0 Å². The standard InChI is InChI=1S/C31H35FN2O3S/c1-2-3-16-38(36)33-31(35)27-17-26(23-14-15-23)29(18-28(27)32)37-21-22-19-34(20-22)30(24-10-6-4-7-11-24)25-12-8-5-9-13-25/h4-13,17-18,22-23,30H,2-3,14-16,19-21H2,1H3,(H,33,35). The Kier molecular flexibility index (Phi) is 8.55. The molecule has 3 aromatic rings. The van der Waals surface area contributed by atoms with Crippen molar-refractivity contribution in [2.45, 2.75) is 44.6 Å². The van der Waals surface area contributed by atoms with Gasteiger partial charge in [0.15, 0.2) is 0 Å². The van der Waals surface area contributed by atoms with E-state index in [1.807, 2.05) is 19.1 Å². The Morgan fingerprint density at radius 1 is 1.05 bits per heavy atom. The molecule has 7 heteroatoms. The first-order chi connectivity index (χ1) is 18.5. The van der Waals surface area contributed by atoms with Crippen LogP contribution in [0, 0.1) is 11.7 Å². The van der Waals surface area contributed by atoms with Crippen molar-refractivity contribution in [3.8, 4) is 5.75 Å². The first-order valence-corrected chi connectivity index (χ1v) is 14.8. The average Bonchev–Trinajstić information content (AvgIpc) is 3.75. The molecule has 0 radical (unpaired) electrons. The third kappa shape index (κ3) is 6.33. The second-order valence-electron chi connectivity index (χ2n) is 10.3. The molecule has 200 valence electrons. The quantitative estimate of drug-likeness (QED) is 0.310. The van der Waals surface area contributed by atoms with Crippen molar-refractivity contribution in [1.29, 1.82) is 0 Å². The number of benzene rings is 3. The molecule has 1 aliphatic carbocycles. The van der Waals surface area contributed by atoms with E-state index in [0.29, 0.717) is 24.0 Å². The van der Waals surface area contributed by atoms with E-state index in [0.717, 1.165) is 44.3 Å². The van der Waals surface area contributed by atoms with Crippen LogP contribution in [0.1, 0.15) is 71.6 Å². The highest BCUT2D eigenvalue weighted by Gasteiger charge is 2.35. The summed E-state index contributed by atoms with van der Waals surface area (Å²) in [7, 11) is -1.51. The molecular formula is C31H35FN2O3S. The second-order valence-corrected chi connectivity index (χ2v) is 11.6. The van der Waals surface area contributed by atoms with Gasteiger partial charge in [0.05, 0.1) is 18.2 Å². The van der Waals surface area contributed by atoms with E-state index in [9.17, 15) is 13.4 Å². The summed E-state index contributed by atoms with van der Waals surface area (Å²) in [5, 5.41) is 0. The lowest BCUT2D eigenvalue weighted by atomic mass is 9.90. The van der Waals surface area contributed by atoms with Gasteiger partial charge in [0, 0.05) is 30.8 Å². The summed E-state index contributed by atoms with van der Waals surface area (Å²) in [5.41, 5.74) is 3.34. The highest BCUT2D eigenvalue weighted by molar-refractivity contribution is 7.83. The molecule has 38 heavy (non-hydrogen) atoms. The molecule has 1 amide bonds. The van der Waals surface area contributed by atoms with Crippen molar-refractivity contribution in [3.05, 3.63) is 101 Å². The van der Waals surface area contributed by atoms with Crippen LogP contribution in [-0.4, -0.2) is 40.5 Å². The Hall–Kier alpha value is -3.03. The van der Waals surface area contributed by atoms with Gasteiger partial charge in [-0.2, -0.15) is 0 Å². The van der Waals surface area contributed by atoms with Crippen LogP contribution in [0.15, 0.2) is 72.8 Å². The van der Waals surface area contributed by atoms with Crippen molar-refractivity contribution in [1.82, 2.24) is 9.62 Å². The molecule has 1 aliphatic heterocycles. The monoisotopic (exact) mass is 534 g/mol. The SMILES string of the molecule is CCCCS(=O)NC(=O)c1cc(C2CC2)c(OCC2CN(C(c3ccccc3)c3ccccc3)C2)cc1F. The molecule has 0 spiro atoms. The molecule has 2 aliphatic rings. The molecule has 5 rings (SSSR count). The summed E-state index contributed by atoms with van der Waals surface area (Å²) < 4.78 is 35.7. The minimum absolute atomic E-state index is 0.0625. The van der Waals surface area contributed by atoms with Crippen LogP contribution in [-0.2, 0) is 11.0 Å². The summed E-state index contributed by atoms with van der Waals surface area (Å²) in [6.45, 7) is 4.27. The number of unbranched alkanes of at least 4 members (excludes halogenated alkanes) is 1. The maximum absolute atomic E-state index is 15.0. The normalized spacial score (nSPS) is 16.7. The number of hydrogen-bond acceptors (Lipinski definition) is 4. The summed E-state index contributed by atoms with van der Waals surface area (Å²) >= 11 is 0. The highest BCUT2D eigenvalue weighted by atomic mass is 32.2. The zero-order chi connectivity index (χ0) is 26.5. The van der Waals surface area contributed by atoms with Crippen LogP contribution < -0.4 is 9.46 Å². The lowest BCUT2D eigenvalue weighted by Gasteiger charge is -2.44. The van der Waals surface area contributed by atoms with E-state index in [1.165, 1.54) is 17.2 Å². The van der Waals surface area contributed by atoms with Gasteiger partial charge in [-0.15, -0.1) is 0 Å². The first-order valence-electron chi connectivity index (χ1n) is 13.5. The Morgan fingerprint density at radius 3 is 2.26 bits per heavy atom. The Morgan fingerprint density at radius 2 is 1.68 bits per heavy atom. The molecule has 1 saturated heterocycles. The van der Waals surface area contributed by atoms with Crippen LogP contribution in [0.2, 0.25) is 0 Å². The number of nitrogens with zero attached hydrogens (tertiary/aromatic N) is 1. The van der Waals surface area contributed by atoms with Gasteiger partial charge in [-0.25, -0.2) is 8.60 Å². The number of hydrogen-bond donors (Lipinski definition) is 1. The molecule has 1 heterocycles. The van der Waals surface area contributed by atoms with E-state index < -0.39 is 22.7 Å². The molecular weight excluding hydrogens is 499 g/mol. The summed E-state index contributed by atoms with van der Waals surface area (Å²) in [4.78, 5) is 15.1. The summed E-state index contributed by atoms with van der Waals surface area (Å²) in [5.74, 6) is 0.236. The molecule has 0 bridgehead atoms. The van der Waals surface area contributed by atoms with Crippen molar-refractivity contribution in [2.75, 3.05) is 25.4 Å². The molecule has 0 aromatic heterocycles. The van der Waals surface area contributed by atoms with Crippen molar-refractivity contribution in [2.24, 2.45) is 5.92 Å². The van der Waals surface area contributed by atoms with E-state index in [4.69, 9.17) is 4.74 Å². The van der Waals surface area contributed by atoms with E-state index in [2.05, 4.69) is 58.2 Å². The van der Waals surface area contributed by atoms with Gasteiger partial charge in [0.1, 0.15) is 22.6 Å². The first kappa shape index (κ1) is 26.6. The minimum atomic E-state index is -1.51. The largest absolute Gasteiger partial charge is 0.493 e. The lowest BCUT2D eigenvalue weighted by molar-refractivity contribution is 0.0375. The number of carbonyl (C=O) groups is 1.